The summed E-state index contributed by atoms with van der Waals surface area (Å²) in [5.41, 5.74) is 1.06. The van der Waals surface area contributed by atoms with Crippen LogP contribution in [0.1, 0.15) is 31.4 Å². The Morgan fingerprint density at radius 1 is 1.24 bits per heavy atom. The van der Waals surface area contributed by atoms with Crippen LogP contribution in [-0.4, -0.2) is 38.7 Å². The molecule has 2 rings (SSSR count). The third-order valence-corrected chi connectivity index (χ3v) is 5.36. The average molecular weight is 367 g/mol. The molecule has 1 N–H and O–H groups in total. The lowest BCUT2D eigenvalue weighted by atomic mass is 10.3. The number of ether oxygens (including phenoxy) is 2. The number of rotatable bonds is 8. The van der Waals surface area contributed by atoms with Gasteiger partial charge in [0.1, 0.15) is 22.2 Å². The molecule has 0 aliphatic rings. The van der Waals surface area contributed by atoms with Crippen molar-refractivity contribution in [3.05, 3.63) is 35.9 Å². The third-order valence-electron chi connectivity index (χ3n) is 3.88. The predicted molar refractivity (Wildman–Crippen MR) is 95.8 cm³/mol. The van der Waals surface area contributed by atoms with Gasteiger partial charge in [0.15, 0.2) is 0 Å². The van der Waals surface area contributed by atoms with E-state index in [1.807, 2.05) is 6.92 Å². The van der Waals surface area contributed by atoms with Gasteiger partial charge < -0.3 is 14.0 Å². The van der Waals surface area contributed by atoms with Crippen molar-refractivity contribution in [3.63, 3.8) is 0 Å². The molecule has 1 heterocycles. The van der Waals surface area contributed by atoms with Crippen LogP contribution >= 0.6 is 0 Å². The lowest BCUT2D eigenvalue weighted by Gasteiger charge is -2.15. The highest BCUT2D eigenvalue weighted by Crippen LogP contribution is 2.28. The maximum absolute atomic E-state index is 12.6. The van der Waals surface area contributed by atoms with Crippen LogP contribution in [0.2, 0.25) is 0 Å². The number of nitrogens with zero attached hydrogens (tertiary/aromatic N) is 2. The van der Waals surface area contributed by atoms with E-state index in [9.17, 15) is 8.42 Å². The summed E-state index contributed by atoms with van der Waals surface area (Å²) in [5, 5.41) is 0. The lowest BCUT2D eigenvalue weighted by Crippen LogP contribution is -2.27. The van der Waals surface area contributed by atoms with Gasteiger partial charge in [-0.3, -0.25) is 0 Å². The smallest absolute Gasteiger partial charge is 0.244 e. The van der Waals surface area contributed by atoms with Crippen molar-refractivity contribution in [2.24, 2.45) is 0 Å². The number of nitrogens with one attached hydrogen (secondary N) is 1. The first-order valence-electron chi connectivity index (χ1n) is 8.04. The van der Waals surface area contributed by atoms with E-state index >= 15 is 0 Å². The van der Waals surface area contributed by atoms with Crippen LogP contribution in [0.3, 0.4) is 0 Å². The van der Waals surface area contributed by atoms with Gasteiger partial charge in [-0.15, -0.1) is 0 Å². The lowest BCUT2D eigenvalue weighted by molar-refractivity contribution is 0.392. The van der Waals surface area contributed by atoms with Gasteiger partial charge in [0.2, 0.25) is 10.0 Å². The number of sulfonamides is 1. The maximum atomic E-state index is 12.6. The van der Waals surface area contributed by atoms with Crippen LogP contribution in [0.5, 0.6) is 11.5 Å². The SMILES string of the molecule is COc1ccc(OC)c(S(=O)(=O)NCCc2ncc(C)n2C(C)C)c1. The van der Waals surface area contributed by atoms with Crippen molar-refractivity contribution in [1.29, 1.82) is 0 Å². The summed E-state index contributed by atoms with van der Waals surface area (Å²) < 4.78 is 40.2. The minimum absolute atomic E-state index is 0.0535. The molecule has 25 heavy (non-hydrogen) atoms. The molecule has 0 amide bonds. The molecule has 1 aromatic heterocycles. The second kappa shape index (κ2) is 7.88. The monoisotopic (exact) mass is 367 g/mol. The van der Waals surface area contributed by atoms with Crippen molar-refractivity contribution in [2.45, 2.75) is 38.1 Å². The second-order valence-electron chi connectivity index (χ2n) is 5.94. The first-order valence-corrected chi connectivity index (χ1v) is 9.53. The van der Waals surface area contributed by atoms with Crippen molar-refractivity contribution >= 4 is 10.0 Å². The van der Waals surface area contributed by atoms with Crippen LogP contribution in [0.25, 0.3) is 0 Å². The van der Waals surface area contributed by atoms with E-state index in [-0.39, 0.29) is 23.2 Å². The Kier molecular flexibility index (Phi) is 6.07. The van der Waals surface area contributed by atoms with Gasteiger partial charge in [-0.05, 0) is 32.9 Å². The zero-order valence-corrected chi connectivity index (χ0v) is 16.1. The molecule has 138 valence electrons. The van der Waals surface area contributed by atoms with Crippen LogP contribution in [0.4, 0.5) is 0 Å². The Morgan fingerprint density at radius 3 is 2.56 bits per heavy atom. The van der Waals surface area contributed by atoms with Crippen LogP contribution < -0.4 is 14.2 Å². The fraction of sp³-hybridized carbons (Fsp3) is 0.471. The molecule has 0 bridgehead atoms. The van der Waals surface area contributed by atoms with Gasteiger partial charge in [-0.25, -0.2) is 18.1 Å². The Bertz CT molecular complexity index is 828. The van der Waals surface area contributed by atoms with Crippen molar-refractivity contribution in [1.82, 2.24) is 14.3 Å². The molecule has 1 aromatic carbocycles. The molecular weight excluding hydrogens is 342 g/mol. The zero-order chi connectivity index (χ0) is 18.6. The summed E-state index contributed by atoms with van der Waals surface area (Å²) in [5.74, 6) is 1.58. The minimum Gasteiger partial charge on any atom is -0.497 e. The first-order chi connectivity index (χ1) is 11.8. The number of benzene rings is 1. The predicted octanol–water partition coefficient (Wildman–Crippen LogP) is 2.31. The molecule has 0 aliphatic heterocycles. The van der Waals surface area contributed by atoms with E-state index in [1.165, 1.54) is 20.3 Å². The van der Waals surface area contributed by atoms with Crippen molar-refractivity contribution in [2.75, 3.05) is 20.8 Å². The summed E-state index contributed by atoms with van der Waals surface area (Å²) in [4.78, 5) is 4.43. The molecule has 8 heteroatoms. The summed E-state index contributed by atoms with van der Waals surface area (Å²) in [6, 6.07) is 4.94. The molecule has 0 radical (unpaired) electrons. The summed E-state index contributed by atoms with van der Waals surface area (Å²) in [7, 11) is -0.805. The fourth-order valence-electron chi connectivity index (χ4n) is 2.76. The van der Waals surface area contributed by atoms with Gasteiger partial charge in [0.25, 0.3) is 0 Å². The second-order valence-corrected chi connectivity index (χ2v) is 7.68. The molecular formula is C17H25N3O4S. The summed E-state index contributed by atoms with van der Waals surface area (Å²) in [6.07, 6.45) is 2.30. The molecule has 0 atom stereocenters. The quantitative estimate of drug-likeness (QED) is 0.774. The summed E-state index contributed by atoms with van der Waals surface area (Å²) >= 11 is 0. The highest BCUT2D eigenvalue weighted by Gasteiger charge is 2.20. The average Bonchev–Trinajstić information content (AvgIpc) is 2.94. The van der Waals surface area contributed by atoms with Gasteiger partial charge in [0, 0.05) is 37.0 Å². The van der Waals surface area contributed by atoms with Crippen molar-refractivity contribution in [3.8, 4) is 11.5 Å². The van der Waals surface area contributed by atoms with E-state index in [2.05, 4.69) is 28.1 Å². The Labute approximate surface area is 149 Å². The Hall–Kier alpha value is -2.06. The van der Waals surface area contributed by atoms with Gasteiger partial charge >= 0.3 is 0 Å². The number of methoxy groups -OCH3 is 2. The summed E-state index contributed by atoms with van der Waals surface area (Å²) in [6.45, 7) is 6.38. The molecule has 7 nitrogen and oxygen atoms in total. The highest BCUT2D eigenvalue weighted by molar-refractivity contribution is 7.89. The van der Waals surface area contributed by atoms with Crippen LogP contribution in [0.15, 0.2) is 29.3 Å². The zero-order valence-electron chi connectivity index (χ0n) is 15.2. The van der Waals surface area contributed by atoms with Crippen molar-refractivity contribution < 1.29 is 17.9 Å². The molecule has 0 aliphatic carbocycles. The molecule has 0 fully saturated rings. The molecule has 0 saturated heterocycles. The first kappa shape index (κ1) is 19.3. The number of aromatic nitrogens is 2. The molecule has 0 spiro atoms. The van der Waals surface area contributed by atoms with E-state index in [0.29, 0.717) is 12.2 Å². The van der Waals surface area contributed by atoms with E-state index in [4.69, 9.17) is 9.47 Å². The van der Waals surface area contributed by atoms with E-state index in [0.717, 1.165) is 11.5 Å². The highest BCUT2D eigenvalue weighted by atomic mass is 32.2. The van der Waals surface area contributed by atoms with Gasteiger partial charge in [-0.2, -0.15) is 0 Å². The fourth-order valence-corrected chi connectivity index (χ4v) is 3.97. The standard InChI is InChI=1S/C17H25N3O4S/c1-12(2)20-13(3)11-18-17(20)8-9-19-25(21,22)16-10-14(23-4)6-7-15(16)24-5/h6-7,10-12,19H,8-9H2,1-5H3. The largest absolute Gasteiger partial charge is 0.497 e. The number of imidazole rings is 1. The minimum atomic E-state index is -3.72. The van der Waals surface area contributed by atoms with E-state index in [1.54, 1.807) is 18.3 Å². The third kappa shape index (κ3) is 4.32. The van der Waals surface area contributed by atoms with Crippen LogP contribution in [0, 0.1) is 6.92 Å². The van der Waals surface area contributed by atoms with Gasteiger partial charge in [0.05, 0.1) is 14.2 Å². The number of hydrogen-bond acceptors (Lipinski definition) is 5. The normalized spacial score (nSPS) is 11.8. The molecule has 0 unspecified atom stereocenters. The number of aryl methyl sites for hydroxylation is 1. The Morgan fingerprint density at radius 2 is 1.96 bits per heavy atom. The maximum Gasteiger partial charge on any atom is 0.244 e. The Balaban J connectivity index is 2.15. The topological polar surface area (TPSA) is 82.4 Å². The number of hydrogen-bond donors (Lipinski definition) is 1. The molecule has 2 aromatic rings. The molecule has 0 saturated carbocycles. The van der Waals surface area contributed by atoms with E-state index < -0.39 is 10.0 Å². The van der Waals surface area contributed by atoms with Crippen LogP contribution in [-0.2, 0) is 16.4 Å². The van der Waals surface area contributed by atoms with Gasteiger partial charge in [-0.1, -0.05) is 0 Å².